The van der Waals surface area contributed by atoms with Gasteiger partial charge in [-0.3, -0.25) is 4.79 Å². The van der Waals surface area contributed by atoms with Crippen LogP contribution in [0.4, 0.5) is 4.79 Å². The number of aryl methyl sites for hydroxylation is 1. The highest BCUT2D eigenvalue weighted by molar-refractivity contribution is 6.11. The molecule has 0 spiro atoms. The van der Waals surface area contributed by atoms with Crippen molar-refractivity contribution in [2.24, 2.45) is 24.6 Å². The molecule has 2 aromatic heterocycles. The fourth-order valence-electron chi connectivity index (χ4n) is 4.46. The Balaban J connectivity index is 1.43. The molecular formula is C24H32N5O3+. The van der Waals surface area contributed by atoms with E-state index in [0.29, 0.717) is 19.6 Å². The number of nitrogens with two attached hydrogens (primary N) is 1. The number of ketones is 1. The van der Waals surface area contributed by atoms with Crippen LogP contribution in [0.25, 0.3) is 10.9 Å². The van der Waals surface area contributed by atoms with Gasteiger partial charge in [0.1, 0.15) is 18.9 Å². The van der Waals surface area contributed by atoms with Crippen molar-refractivity contribution in [2.75, 3.05) is 13.1 Å². The van der Waals surface area contributed by atoms with Crippen LogP contribution in [-0.2, 0) is 31.5 Å². The highest BCUT2D eigenvalue weighted by Crippen LogP contribution is 2.34. The summed E-state index contributed by atoms with van der Waals surface area (Å²) in [6.45, 7) is 5.66. The number of nitrogens with one attached hydrogen (secondary N) is 1. The zero-order valence-corrected chi connectivity index (χ0v) is 19.0. The average Bonchev–Trinajstić information content (AvgIpc) is 3.30. The van der Waals surface area contributed by atoms with Crippen LogP contribution >= 0.6 is 0 Å². The number of hydrogen-bond acceptors (Lipinski definition) is 4. The van der Waals surface area contributed by atoms with E-state index < -0.39 is 6.09 Å². The van der Waals surface area contributed by atoms with Gasteiger partial charge in [-0.1, -0.05) is 25.1 Å². The number of fused-ring (bicyclic) bond motifs is 3. The number of amides is 1. The first-order valence-corrected chi connectivity index (χ1v) is 11.2. The number of para-hydroxylation sites is 1. The van der Waals surface area contributed by atoms with Crippen LogP contribution in [0.1, 0.15) is 35.2 Å². The van der Waals surface area contributed by atoms with Crippen LogP contribution < -0.4 is 15.6 Å². The topological polar surface area (TPSA) is 95.2 Å². The summed E-state index contributed by atoms with van der Waals surface area (Å²) in [4.78, 5) is 25.3. The zero-order chi connectivity index (χ0) is 22.8. The fourth-order valence-corrected chi connectivity index (χ4v) is 4.46. The Morgan fingerprint density at radius 3 is 2.94 bits per heavy atom. The first-order chi connectivity index (χ1) is 15.4. The third kappa shape index (κ3) is 4.14. The van der Waals surface area contributed by atoms with E-state index in [2.05, 4.69) is 20.5 Å². The molecule has 2 unspecified atom stereocenters. The molecule has 1 aromatic carbocycles. The largest absolute Gasteiger partial charge is 0.410 e. The van der Waals surface area contributed by atoms with Crippen molar-refractivity contribution in [3.63, 3.8) is 0 Å². The van der Waals surface area contributed by atoms with E-state index in [4.69, 9.17) is 10.5 Å². The number of Topliss-reactive ketones (excluding diaryl/α,β-unsaturated/α-hetero) is 1. The number of rotatable bonds is 7. The lowest BCUT2D eigenvalue weighted by Crippen LogP contribution is -2.41. The molecule has 8 heteroatoms. The summed E-state index contributed by atoms with van der Waals surface area (Å²) in [5.41, 5.74) is 8.69. The van der Waals surface area contributed by atoms with Crippen molar-refractivity contribution >= 4 is 22.8 Å². The molecule has 3 aromatic rings. The lowest BCUT2D eigenvalue weighted by molar-refractivity contribution is -0.732. The second-order valence-corrected chi connectivity index (χ2v) is 8.75. The number of hydrogen-bond donors (Lipinski definition) is 2. The number of benzene rings is 1. The van der Waals surface area contributed by atoms with E-state index in [1.54, 1.807) is 0 Å². The Kier molecular flexibility index (Phi) is 6.32. The number of alkyl carbamates (subject to hydrolysis) is 1. The molecule has 0 radical (unpaired) electrons. The van der Waals surface area contributed by atoms with Crippen LogP contribution in [-0.4, -0.2) is 34.1 Å². The Labute approximate surface area is 188 Å². The number of carbonyl (C=O) groups excluding carboxylic acids is 2. The summed E-state index contributed by atoms with van der Waals surface area (Å²) in [6.07, 6.45) is 5.07. The quantitative estimate of drug-likeness (QED) is 0.554. The molecular weight excluding hydrogens is 406 g/mol. The molecule has 1 amide bonds. The third-order valence-electron chi connectivity index (χ3n) is 6.58. The molecule has 2 atom stereocenters. The minimum absolute atomic E-state index is 0.0742. The van der Waals surface area contributed by atoms with Crippen LogP contribution in [0, 0.1) is 18.8 Å². The molecule has 170 valence electrons. The zero-order valence-electron chi connectivity index (χ0n) is 19.0. The van der Waals surface area contributed by atoms with E-state index in [1.807, 2.05) is 56.1 Å². The summed E-state index contributed by atoms with van der Waals surface area (Å²) >= 11 is 0. The third-order valence-corrected chi connectivity index (χ3v) is 6.58. The second-order valence-electron chi connectivity index (χ2n) is 8.75. The van der Waals surface area contributed by atoms with E-state index in [0.717, 1.165) is 40.8 Å². The van der Waals surface area contributed by atoms with Crippen molar-refractivity contribution in [3.8, 4) is 0 Å². The Morgan fingerprint density at radius 2 is 2.16 bits per heavy atom. The van der Waals surface area contributed by atoms with E-state index in [1.165, 1.54) is 0 Å². The maximum atomic E-state index is 13.4. The fraction of sp³-hybridized carbons (Fsp3) is 0.458. The first kappa shape index (κ1) is 22.1. The SMILES string of the molecule is Cc1n(CC2CCc3c(c4ccccc4n3C)C2=O)cc[n+]1COC(=O)NCC(C)CN. The molecule has 1 aliphatic rings. The van der Waals surface area contributed by atoms with E-state index in [-0.39, 0.29) is 24.3 Å². The van der Waals surface area contributed by atoms with Gasteiger partial charge in [-0.05, 0) is 31.4 Å². The molecule has 0 bridgehead atoms. The van der Waals surface area contributed by atoms with Gasteiger partial charge in [0.05, 0.1) is 5.92 Å². The monoisotopic (exact) mass is 438 g/mol. The van der Waals surface area contributed by atoms with Gasteiger partial charge in [-0.2, -0.15) is 4.57 Å². The Hall–Kier alpha value is -3.13. The normalized spacial score (nSPS) is 16.8. The number of carbonyl (C=O) groups is 2. The molecule has 0 aliphatic heterocycles. The summed E-state index contributed by atoms with van der Waals surface area (Å²) in [5, 5.41) is 3.76. The predicted molar refractivity (Wildman–Crippen MR) is 121 cm³/mol. The van der Waals surface area contributed by atoms with Crippen LogP contribution in [0.3, 0.4) is 0 Å². The molecule has 0 saturated carbocycles. The van der Waals surface area contributed by atoms with Crippen LogP contribution in [0.5, 0.6) is 0 Å². The standard InChI is InChI=1S/C24H31N5O3/c1-16(12-25)13-26-24(31)32-15-29-11-10-28(17(29)2)14-18-8-9-21-22(23(18)30)19-6-4-5-7-20(19)27(21)3/h4-7,10-11,16,18H,8-9,12-15,25H2,1-3H3/p+1. The van der Waals surface area contributed by atoms with Crippen molar-refractivity contribution in [3.05, 3.63) is 53.7 Å². The Morgan fingerprint density at radius 1 is 1.38 bits per heavy atom. The van der Waals surface area contributed by atoms with Gasteiger partial charge in [0, 0.05) is 42.7 Å². The molecule has 1 aliphatic carbocycles. The minimum Gasteiger partial charge on any atom is -0.409 e. The predicted octanol–water partition coefficient (Wildman–Crippen LogP) is 2.30. The summed E-state index contributed by atoms with van der Waals surface area (Å²) < 4.78 is 11.4. The smallest absolute Gasteiger partial charge is 0.409 e. The van der Waals surface area contributed by atoms with Gasteiger partial charge < -0.3 is 20.4 Å². The number of nitrogens with zero attached hydrogens (tertiary/aromatic N) is 3. The highest BCUT2D eigenvalue weighted by atomic mass is 16.6. The van der Waals surface area contributed by atoms with E-state index in [9.17, 15) is 9.59 Å². The van der Waals surface area contributed by atoms with Crippen molar-refractivity contribution in [1.29, 1.82) is 0 Å². The average molecular weight is 439 g/mol. The molecule has 3 N–H and O–H groups in total. The molecule has 32 heavy (non-hydrogen) atoms. The molecule has 0 saturated heterocycles. The van der Waals surface area contributed by atoms with Crippen molar-refractivity contribution < 1.29 is 18.9 Å². The highest BCUT2D eigenvalue weighted by Gasteiger charge is 2.33. The number of ether oxygens (including phenoxy) is 1. The lowest BCUT2D eigenvalue weighted by Gasteiger charge is -2.21. The maximum absolute atomic E-state index is 13.4. The molecule has 4 rings (SSSR count). The molecule has 0 fully saturated rings. The minimum atomic E-state index is -0.462. The lowest BCUT2D eigenvalue weighted by atomic mass is 9.85. The van der Waals surface area contributed by atoms with Gasteiger partial charge in [-0.15, -0.1) is 0 Å². The number of aromatic nitrogens is 3. The van der Waals surface area contributed by atoms with Gasteiger partial charge in [0.15, 0.2) is 5.78 Å². The van der Waals surface area contributed by atoms with Crippen LogP contribution in [0.15, 0.2) is 36.7 Å². The summed E-state index contributed by atoms with van der Waals surface area (Å²) in [7, 11) is 2.04. The summed E-state index contributed by atoms with van der Waals surface area (Å²) in [6, 6.07) is 8.12. The van der Waals surface area contributed by atoms with Crippen molar-refractivity contribution in [2.45, 2.75) is 40.0 Å². The van der Waals surface area contributed by atoms with Crippen LogP contribution in [0.2, 0.25) is 0 Å². The molecule has 2 heterocycles. The van der Waals surface area contributed by atoms with Gasteiger partial charge >= 0.3 is 6.09 Å². The van der Waals surface area contributed by atoms with E-state index >= 15 is 0 Å². The Bertz CT molecular complexity index is 1150. The summed E-state index contributed by atoms with van der Waals surface area (Å²) in [5.74, 6) is 1.28. The van der Waals surface area contributed by atoms with Gasteiger partial charge in [-0.25, -0.2) is 9.36 Å². The van der Waals surface area contributed by atoms with Gasteiger partial charge in [0.2, 0.25) is 6.73 Å². The second kappa shape index (κ2) is 9.16. The number of imidazole rings is 1. The van der Waals surface area contributed by atoms with Gasteiger partial charge in [0.25, 0.3) is 5.82 Å². The first-order valence-electron chi connectivity index (χ1n) is 11.2. The maximum Gasteiger partial charge on any atom is 0.410 e. The molecule has 8 nitrogen and oxygen atoms in total. The van der Waals surface area contributed by atoms with Crippen molar-refractivity contribution in [1.82, 2.24) is 14.5 Å².